The van der Waals surface area contributed by atoms with Crippen LogP contribution in [0.1, 0.15) is 32.6 Å². The molecule has 0 spiro atoms. The summed E-state index contributed by atoms with van der Waals surface area (Å²) in [6.45, 7) is 2.28. The van der Waals surface area contributed by atoms with Gasteiger partial charge in [0.2, 0.25) is 0 Å². The van der Waals surface area contributed by atoms with Crippen molar-refractivity contribution in [3.8, 4) is 0 Å². The van der Waals surface area contributed by atoms with Gasteiger partial charge in [0.25, 0.3) is 0 Å². The molecule has 0 aromatic carbocycles. The molecule has 0 aliphatic heterocycles. The average molecular weight is 298 g/mol. The van der Waals surface area contributed by atoms with E-state index in [1.807, 2.05) is 14.0 Å². The Morgan fingerprint density at radius 3 is 3.20 bits per heavy atom. The number of esters is 1. The zero-order valence-electron chi connectivity index (χ0n) is 12.0. The van der Waals surface area contributed by atoms with Gasteiger partial charge in [0.1, 0.15) is 11.9 Å². The third kappa shape index (κ3) is 3.15. The number of hydrogen-bond donors (Lipinski definition) is 2. The molecule has 2 N–H and O–H groups in total. The van der Waals surface area contributed by atoms with Crippen LogP contribution in [0.3, 0.4) is 0 Å². The fraction of sp³-hybridized carbons (Fsp3) is 0.769. The summed E-state index contributed by atoms with van der Waals surface area (Å²) in [5.41, 5.74) is -0.502. The van der Waals surface area contributed by atoms with E-state index in [1.165, 1.54) is 6.33 Å². The highest BCUT2D eigenvalue weighted by Crippen LogP contribution is 2.39. The van der Waals surface area contributed by atoms with Gasteiger partial charge in [-0.25, -0.2) is 4.98 Å². The lowest BCUT2D eigenvalue weighted by molar-refractivity contribution is -0.152. The predicted octanol–water partition coefficient (Wildman–Crippen LogP) is 1.61. The molecule has 20 heavy (non-hydrogen) atoms. The molecule has 2 rings (SSSR count). The Bertz CT molecular complexity index is 426. The minimum absolute atomic E-state index is 0.102. The number of likely N-dealkylation sites (N-methyl/N-ethyl adjacent to an activating group) is 1. The second-order valence-electron chi connectivity index (χ2n) is 4.96. The van der Waals surface area contributed by atoms with Crippen molar-refractivity contribution in [1.29, 1.82) is 0 Å². The maximum Gasteiger partial charge on any atom is 0.326 e. The average Bonchev–Trinajstić information content (AvgIpc) is 3.09. The first-order chi connectivity index (χ1) is 9.73. The first-order valence-electron chi connectivity index (χ1n) is 7.07. The third-order valence-corrected chi connectivity index (χ3v) is 4.91. The van der Waals surface area contributed by atoms with Crippen molar-refractivity contribution < 1.29 is 9.53 Å². The smallest absolute Gasteiger partial charge is 0.326 e. The normalized spacial score (nSPS) is 25.8. The number of nitrogens with one attached hydrogen (secondary N) is 2. The van der Waals surface area contributed by atoms with Crippen LogP contribution in [0.25, 0.3) is 0 Å². The van der Waals surface area contributed by atoms with E-state index in [-0.39, 0.29) is 5.97 Å². The molecule has 1 aliphatic carbocycles. The quantitative estimate of drug-likeness (QED) is 0.588. The van der Waals surface area contributed by atoms with Crippen LogP contribution in [0.2, 0.25) is 0 Å². The van der Waals surface area contributed by atoms with Crippen molar-refractivity contribution >= 4 is 17.7 Å². The van der Waals surface area contributed by atoms with Gasteiger partial charge in [0, 0.05) is 5.75 Å². The van der Waals surface area contributed by atoms with E-state index >= 15 is 0 Å². The van der Waals surface area contributed by atoms with Crippen LogP contribution in [-0.4, -0.2) is 46.1 Å². The Morgan fingerprint density at radius 1 is 1.70 bits per heavy atom. The maximum atomic E-state index is 12.3. The third-order valence-electron chi connectivity index (χ3n) is 4.00. The minimum Gasteiger partial charge on any atom is -0.465 e. The van der Waals surface area contributed by atoms with Crippen LogP contribution < -0.4 is 5.32 Å². The molecular formula is C13H22N4O2S. The number of aromatic amines is 1. The van der Waals surface area contributed by atoms with E-state index in [0.717, 1.165) is 36.6 Å². The summed E-state index contributed by atoms with van der Waals surface area (Å²) in [6, 6.07) is 0. The van der Waals surface area contributed by atoms with Crippen molar-refractivity contribution in [1.82, 2.24) is 20.5 Å². The van der Waals surface area contributed by atoms with Gasteiger partial charge in [-0.15, -0.1) is 0 Å². The lowest BCUT2D eigenvalue weighted by atomic mass is 9.85. The first-order valence-corrected chi connectivity index (χ1v) is 8.05. The van der Waals surface area contributed by atoms with Crippen LogP contribution in [0.4, 0.5) is 0 Å². The molecule has 112 valence electrons. The number of hydrogen-bond acceptors (Lipinski definition) is 6. The number of nitrogens with zero attached hydrogens (tertiary/aromatic N) is 2. The van der Waals surface area contributed by atoms with Crippen molar-refractivity contribution in [2.45, 2.75) is 43.3 Å². The number of ether oxygens (including phenoxy) is 1. The number of carbonyl (C=O) groups is 1. The molecule has 2 atom stereocenters. The van der Waals surface area contributed by atoms with E-state index < -0.39 is 5.54 Å². The Kier molecular flexibility index (Phi) is 5.42. The highest BCUT2D eigenvalue weighted by molar-refractivity contribution is 7.99. The van der Waals surface area contributed by atoms with Crippen LogP contribution in [0.5, 0.6) is 0 Å². The minimum atomic E-state index is -0.502. The summed E-state index contributed by atoms with van der Waals surface area (Å²) < 4.78 is 5.27. The fourth-order valence-electron chi connectivity index (χ4n) is 2.99. The lowest BCUT2D eigenvalue weighted by Crippen LogP contribution is -2.54. The number of aromatic nitrogens is 3. The van der Waals surface area contributed by atoms with Gasteiger partial charge in [-0.05, 0) is 39.2 Å². The van der Waals surface area contributed by atoms with Gasteiger partial charge >= 0.3 is 5.97 Å². The topological polar surface area (TPSA) is 79.9 Å². The van der Waals surface area contributed by atoms with E-state index in [1.54, 1.807) is 11.8 Å². The summed E-state index contributed by atoms with van der Waals surface area (Å²) in [4.78, 5) is 16.4. The molecule has 0 amide bonds. The van der Waals surface area contributed by atoms with Crippen molar-refractivity contribution in [2.75, 3.05) is 19.4 Å². The van der Waals surface area contributed by atoms with Crippen molar-refractivity contribution in [3.63, 3.8) is 0 Å². The molecule has 0 saturated heterocycles. The van der Waals surface area contributed by atoms with Gasteiger partial charge in [-0.3, -0.25) is 9.89 Å². The summed E-state index contributed by atoms with van der Waals surface area (Å²) in [6.07, 6.45) is 5.47. The summed E-state index contributed by atoms with van der Waals surface area (Å²) in [5, 5.41) is 10.7. The number of thioether (sulfide) groups is 1. The maximum absolute atomic E-state index is 12.3. The Hall–Kier alpha value is -1.08. The lowest BCUT2D eigenvalue weighted by Gasteiger charge is -2.32. The molecule has 1 aliphatic rings. The van der Waals surface area contributed by atoms with Crippen LogP contribution >= 0.6 is 11.8 Å². The van der Waals surface area contributed by atoms with E-state index in [2.05, 4.69) is 20.5 Å². The van der Waals surface area contributed by atoms with E-state index in [0.29, 0.717) is 12.5 Å². The van der Waals surface area contributed by atoms with Gasteiger partial charge in [0.05, 0.1) is 6.61 Å². The van der Waals surface area contributed by atoms with E-state index in [9.17, 15) is 4.79 Å². The Morgan fingerprint density at radius 2 is 2.55 bits per heavy atom. The molecular weight excluding hydrogens is 276 g/mol. The molecule has 6 nitrogen and oxygen atoms in total. The fourth-order valence-corrected chi connectivity index (χ4v) is 3.82. The number of rotatable bonds is 7. The van der Waals surface area contributed by atoms with Gasteiger partial charge in [0.15, 0.2) is 5.16 Å². The molecule has 1 aromatic rings. The summed E-state index contributed by atoms with van der Waals surface area (Å²) in [5.74, 6) is 1.14. The highest BCUT2D eigenvalue weighted by atomic mass is 32.2. The molecule has 1 heterocycles. The number of carbonyl (C=O) groups excluding carboxylic acids is 1. The van der Waals surface area contributed by atoms with Crippen LogP contribution in [-0.2, 0) is 9.53 Å². The molecule has 7 heteroatoms. The van der Waals surface area contributed by atoms with Gasteiger partial charge < -0.3 is 10.1 Å². The summed E-state index contributed by atoms with van der Waals surface area (Å²) in [7, 11) is 1.86. The molecule has 1 aromatic heterocycles. The second-order valence-corrected chi connectivity index (χ2v) is 6.04. The van der Waals surface area contributed by atoms with Crippen molar-refractivity contribution in [3.05, 3.63) is 6.33 Å². The Balaban J connectivity index is 1.92. The first kappa shape index (κ1) is 15.3. The van der Waals surface area contributed by atoms with Gasteiger partial charge in [-0.1, -0.05) is 18.2 Å². The number of H-pyrrole nitrogens is 1. The SMILES string of the molecule is CCOC(=O)C1(NC)CCCC1CCSc1ncn[nH]1. The zero-order chi connectivity index (χ0) is 14.4. The molecule has 1 fully saturated rings. The summed E-state index contributed by atoms with van der Waals surface area (Å²) >= 11 is 1.64. The monoisotopic (exact) mass is 298 g/mol. The highest BCUT2D eigenvalue weighted by Gasteiger charge is 2.48. The van der Waals surface area contributed by atoms with Gasteiger partial charge in [-0.2, -0.15) is 5.10 Å². The zero-order valence-corrected chi connectivity index (χ0v) is 12.8. The van der Waals surface area contributed by atoms with Crippen LogP contribution in [0.15, 0.2) is 11.5 Å². The Labute approximate surface area is 123 Å². The largest absolute Gasteiger partial charge is 0.465 e. The molecule has 0 bridgehead atoms. The molecule has 0 radical (unpaired) electrons. The molecule has 2 unspecified atom stereocenters. The standard InChI is InChI=1S/C13H22N4O2S/c1-3-19-11(18)13(14-2)7-4-5-10(13)6-8-20-12-15-9-16-17-12/h9-10,14H,3-8H2,1-2H3,(H,15,16,17). The molecule has 1 saturated carbocycles. The predicted molar refractivity (Wildman–Crippen MR) is 77.5 cm³/mol. The van der Waals surface area contributed by atoms with Crippen molar-refractivity contribution in [2.24, 2.45) is 5.92 Å². The van der Waals surface area contributed by atoms with Crippen LogP contribution in [0, 0.1) is 5.92 Å². The van der Waals surface area contributed by atoms with E-state index in [4.69, 9.17) is 4.74 Å². The second kappa shape index (κ2) is 7.08.